The summed E-state index contributed by atoms with van der Waals surface area (Å²) in [5.74, 6) is -0.894. The van der Waals surface area contributed by atoms with Gasteiger partial charge in [0.1, 0.15) is 0 Å². The fourth-order valence-electron chi connectivity index (χ4n) is 2.07. The summed E-state index contributed by atoms with van der Waals surface area (Å²) < 4.78 is 14.4. The van der Waals surface area contributed by atoms with Crippen molar-refractivity contribution in [1.29, 1.82) is 0 Å². The predicted molar refractivity (Wildman–Crippen MR) is 64.5 cm³/mol. The fourth-order valence-corrected chi connectivity index (χ4v) is 2.07. The molecule has 0 spiro atoms. The molecule has 2 atom stereocenters. The standard InChI is InChI=1S/C13H20O5/c1-5-17-10(14)7-6-9-11(13(9,2)3)12(15)18-8-16-4/h6-7,9,11H,5,8H2,1-4H3/t9-,11-/m0/s1. The first kappa shape index (κ1) is 14.7. The molecule has 0 saturated heterocycles. The Hall–Kier alpha value is -1.36. The summed E-state index contributed by atoms with van der Waals surface area (Å²) in [4.78, 5) is 22.9. The van der Waals surface area contributed by atoms with Crippen LogP contribution in [0.15, 0.2) is 12.2 Å². The van der Waals surface area contributed by atoms with Crippen LogP contribution in [-0.4, -0.2) is 32.4 Å². The van der Waals surface area contributed by atoms with E-state index < -0.39 is 0 Å². The van der Waals surface area contributed by atoms with E-state index in [1.807, 2.05) is 13.8 Å². The number of allylic oxidation sites excluding steroid dienone is 1. The second-order valence-corrected chi connectivity index (χ2v) is 4.81. The number of hydrogen-bond donors (Lipinski definition) is 0. The van der Waals surface area contributed by atoms with Gasteiger partial charge in [-0.15, -0.1) is 0 Å². The van der Waals surface area contributed by atoms with Crippen molar-refractivity contribution in [2.24, 2.45) is 17.3 Å². The van der Waals surface area contributed by atoms with Gasteiger partial charge in [-0.2, -0.15) is 0 Å². The van der Waals surface area contributed by atoms with Crippen molar-refractivity contribution in [3.63, 3.8) is 0 Å². The molecule has 0 bridgehead atoms. The maximum atomic E-state index is 11.7. The average molecular weight is 256 g/mol. The van der Waals surface area contributed by atoms with E-state index in [1.54, 1.807) is 13.0 Å². The first-order valence-electron chi connectivity index (χ1n) is 5.95. The summed E-state index contributed by atoms with van der Waals surface area (Å²) in [7, 11) is 1.46. The number of hydrogen-bond acceptors (Lipinski definition) is 5. The monoisotopic (exact) mass is 256 g/mol. The van der Waals surface area contributed by atoms with Gasteiger partial charge < -0.3 is 14.2 Å². The molecule has 0 amide bonds. The van der Waals surface area contributed by atoms with Crippen LogP contribution in [0.1, 0.15) is 20.8 Å². The molecule has 0 N–H and O–H groups in total. The van der Waals surface area contributed by atoms with Gasteiger partial charge in [0, 0.05) is 13.2 Å². The molecule has 0 aromatic carbocycles. The van der Waals surface area contributed by atoms with E-state index in [-0.39, 0.29) is 36.0 Å². The van der Waals surface area contributed by atoms with Crippen LogP contribution >= 0.6 is 0 Å². The molecule has 0 unspecified atom stereocenters. The lowest BCUT2D eigenvalue weighted by atomic mass is 10.1. The van der Waals surface area contributed by atoms with Gasteiger partial charge >= 0.3 is 11.9 Å². The molecule has 1 fully saturated rings. The zero-order valence-corrected chi connectivity index (χ0v) is 11.3. The molecule has 1 aliphatic rings. The van der Waals surface area contributed by atoms with Crippen molar-refractivity contribution in [1.82, 2.24) is 0 Å². The minimum atomic E-state index is -0.385. The highest BCUT2D eigenvalue weighted by Gasteiger charge is 2.61. The minimum absolute atomic E-state index is 0.00580. The van der Waals surface area contributed by atoms with E-state index in [9.17, 15) is 9.59 Å². The number of rotatable bonds is 6. The second-order valence-electron chi connectivity index (χ2n) is 4.81. The third-order valence-corrected chi connectivity index (χ3v) is 3.21. The summed E-state index contributed by atoms with van der Waals surface area (Å²) in [5, 5.41) is 0. The van der Waals surface area contributed by atoms with Crippen LogP contribution in [0.25, 0.3) is 0 Å². The van der Waals surface area contributed by atoms with Crippen LogP contribution in [0, 0.1) is 17.3 Å². The first-order chi connectivity index (χ1) is 8.45. The molecule has 0 aromatic rings. The highest BCUT2D eigenvalue weighted by atomic mass is 16.7. The van der Waals surface area contributed by atoms with Gasteiger partial charge in [0.15, 0.2) is 6.79 Å². The molecule has 0 aliphatic heterocycles. The molecule has 0 aromatic heterocycles. The first-order valence-corrected chi connectivity index (χ1v) is 5.95. The molecule has 102 valence electrons. The summed E-state index contributed by atoms with van der Waals surface area (Å²) in [6.45, 7) is 5.98. The zero-order chi connectivity index (χ0) is 13.8. The summed E-state index contributed by atoms with van der Waals surface area (Å²) in [6, 6.07) is 0. The maximum absolute atomic E-state index is 11.7. The molecule has 1 rings (SSSR count). The molecular formula is C13H20O5. The van der Waals surface area contributed by atoms with Gasteiger partial charge in [0.05, 0.1) is 12.5 Å². The van der Waals surface area contributed by atoms with E-state index in [4.69, 9.17) is 9.47 Å². The van der Waals surface area contributed by atoms with Crippen molar-refractivity contribution < 1.29 is 23.8 Å². The van der Waals surface area contributed by atoms with Crippen molar-refractivity contribution >= 4 is 11.9 Å². The zero-order valence-electron chi connectivity index (χ0n) is 11.3. The quantitative estimate of drug-likeness (QED) is 0.409. The third-order valence-electron chi connectivity index (χ3n) is 3.21. The smallest absolute Gasteiger partial charge is 0.330 e. The molecular weight excluding hydrogens is 236 g/mol. The van der Waals surface area contributed by atoms with Crippen LogP contribution < -0.4 is 0 Å². The highest BCUT2D eigenvalue weighted by Crippen LogP contribution is 2.59. The minimum Gasteiger partial charge on any atom is -0.463 e. The van der Waals surface area contributed by atoms with Crippen molar-refractivity contribution in [2.75, 3.05) is 20.5 Å². The van der Waals surface area contributed by atoms with E-state index in [2.05, 4.69) is 4.74 Å². The van der Waals surface area contributed by atoms with Crippen LogP contribution in [0.3, 0.4) is 0 Å². The maximum Gasteiger partial charge on any atom is 0.330 e. The number of carbonyl (C=O) groups is 2. The molecule has 5 heteroatoms. The van der Waals surface area contributed by atoms with Gasteiger partial charge in [-0.3, -0.25) is 4.79 Å². The number of ether oxygens (including phenoxy) is 3. The number of methoxy groups -OCH3 is 1. The predicted octanol–water partition coefficient (Wildman–Crippen LogP) is 1.52. The van der Waals surface area contributed by atoms with Crippen LogP contribution in [-0.2, 0) is 23.8 Å². The van der Waals surface area contributed by atoms with Crippen LogP contribution in [0.5, 0.6) is 0 Å². The van der Waals surface area contributed by atoms with Gasteiger partial charge in [-0.1, -0.05) is 19.9 Å². The fraction of sp³-hybridized carbons (Fsp3) is 0.692. The number of esters is 2. The Balaban J connectivity index is 2.53. The van der Waals surface area contributed by atoms with E-state index in [1.165, 1.54) is 13.2 Å². The highest BCUT2D eigenvalue weighted by molar-refractivity contribution is 5.83. The summed E-state index contributed by atoms with van der Waals surface area (Å²) in [5.41, 5.74) is -0.187. The Morgan fingerprint density at radius 1 is 1.28 bits per heavy atom. The third kappa shape index (κ3) is 3.32. The SMILES string of the molecule is CCOC(=O)C=C[C@H]1[C@@H](C(=O)OCOC)C1(C)C. The Bertz CT molecular complexity index is 345. The van der Waals surface area contributed by atoms with Crippen LogP contribution in [0.2, 0.25) is 0 Å². The molecule has 18 heavy (non-hydrogen) atoms. The van der Waals surface area contributed by atoms with Gasteiger partial charge in [-0.25, -0.2) is 4.79 Å². The Morgan fingerprint density at radius 3 is 2.50 bits per heavy atom. The normalized spacial score (nSPS) is 24.9. The lowest BCUT2D eigenvalue weighted by molar-refractivity contribution is -0.156. The lowest BCUT2D eigenvalue weighted by Crippen LogP contribution is -2.12. The molecule has 5 nitrogen and oxygen atoms in total. The van der Waals surface area contributed by atoms with Gasteiger partial charge in [0.2, 0.25) is 0 Å². The van der Waals surface area contributed by atoms with Crippen molar-refractivity contribution in [3.8, 4) is 0 Å². The Kier molecular flexibility index (Phi) is 4.90. The molecule has 0 radical (unpaired) electrons. The van der Waals surface area contributed by atoms with E-state index >= 15 is 0 Å². The van der Waals surface area contributed by atoms with E-state index in [0.717, 1.165) is 0 Å². The van der Waals surface area contributed by atoms with Gasteiger partial charge in [0.25, 0.3) is 0 Å². The average Bonchev–Trinajstić information content (AvgIpc) is 2.86. The van der Waals surface area contributed by atoms with Crippen molar-refractivity contribution in [3.05, 3.63) is 12.2 Å². The topological polar surface area (TPSA) is 61.8 Å². The summed E-state index contributed by atoms with van der Waals surface area (Å²) >= 11 is 0. The van der Waals surface area contributed by atoms with Crippen LogP contribution in [0.4, 0.5) is 0 Å². The molecule has 1 aliphatic carbocycles. The van der Waals surface area contributed by atoms with E-state index in [0.29, 0.717) is 6.61 Å². The largest absolute Gasteiger partial charge is 0.463 e. The lowest BCUT2D eigenvalue weighted by Gasteiger charge is -2.03. The van der Waals surface area contributed by atoms with Crippen molar-refractivity contribution in [2.45, 2.75) is 20.8 Å². The Morgan fingerprint density at radius 2 is 1.94 bits per heavy atom. The second kappa shape index (κ2) is 6.00. The van der Waals surface area contributed by atoms with Gasteiger partial charge in [-0.05, 0) is 18.3 Å². The number of carbonyl (C=O) groups excluding carboxylic acids is 2. The molecule has 0 heterocycles. The molecule has 1 saturated carbocycles. The Labute approximate surface area is 107 Å². The summed E-state index contributed by atoms with van der Waals surface area (Å²) in [6.07, 6.45) is 3.09.